The molecule has 0 unspecified atom stereocenters. The van der Waals surface area contributed by atoms with Crippen molar-refractivity contribution in [3.8, 4) is 0 Å². The Kier molecular flexibility index (Phi) is 4.17. The average Bonchev–Trinajstić information content (AvgIpc) is 2.88. The molecule has 1 aromatic heterocycles. The predicted molar refractivity (Wildman–Crippen MR) is 69.0 cm³/mol. The topological polar surface area (TPSA) is 42.2 Å². The lowest BCUT2D eigenvalue weighted by Gasteiger charge is -2.13. The van der Waals surface area contributed by atoms with Gasteiger partial charge < -0.3 is 9.73 Å². The van der Waals surface area contributed by atoms with Crippen LogP contribution in [0.5, 0.6) is 0 Å². The summed E-state index contributed by atoms with van der Waals surface area (Å²) in [7, 11) is 0. The third kappa shape index (κ3) is 3.41. The number of halogens is 4. The van der Waals surface area contributed by atoms with Gasteiger partial charge in [-0.2, -0.15) is 13.2 Å². The van der Waals surface area contributed by atoms with Gasteiger partial charge in [-0.3, -0.25) is 4.79 Å². The zero-order valence-electron chi connectivity index (χ0n) is 10.00. The Labute approximate surface area is 120 Å². The first-order valence-corrected chi connectivity index (χ1v) is 6.34. The van der Waals surface area contributed by atoms with E-state index in [4.69, 9.17) is 4.42 Å². The monoisotopic (exact) mass is 347 g/mol. The minimum absolute atomic E-state index is 0.0270. The van der Waals surface area contributed by atoms with Crippen molar-refractivity contribution in [2.45, 2.75) is 12.7 Å². The van der Waals surface area contributed by atoms with E-state index in [2.05, 4.69) is 21.2 Å². The Balaban J connectivity index is 2.21. The van der Waals surface area contributed by atoms with Gasteiger partial charge in [-0.1, -0.05) is 15.9 Å². The average molecular weight is 348 g/mol. The van der Waals surface area contributed by atoms with Crippen LogP contribution in [-0.2, 0) is 12.7 Å². The molecule has 1 heterocycles. The van der Waals surface area contributed by atoms with Gasteiger partial charge >= 0.3 is 6.18 Å². The van der Waals surface area contributed by atoms with Crippen molar-refractivity contribution >= 4 is 21.8 Å². The molecule has 20 heavy (non-hydrogen) atoms. The number of hydrogen-bond acceptors (Lipinski definition) is 2. The van der Waals surface area contributed by atoms with Gasteiger partial charge in [-0.15, -0.1) is 0 Å². The molecule has 0 saturated heterocycles. The standard InChI is InChI=1S/C13H9BrF3NO2/c14-8-3-4-10(11(6-8)13(15,16)17)12(19)18-7-9-2-1-5-20-9/h1-6H,7H2,(H,18,19). The number of hydrogen-bond donors (Lipinski definition) is 1. The number of nitrogens with one attached hydrogen (secondary N) is 1. The van der Waals surface area contributed by atoms with Crippen LogP contribution in [0.1, 0.15) is 21.7 Å². The van der Waals surface area contributed by atoms with Crippen LogP contribution in [0.2, 0.25) is 0 Å². The van der Waals surface area contributed by atoms with Crippen molar-refractivity contribution in [3.05, 3.63) is 58.0 Å². The molecule has 1 aromatic carbocycles. The van der Waals surface area contributed by atoms with Crippen LogP contribution in [0, 0.1) is 0 Å². The van der Waals surface area contributed by atoms with E-state index >= 15 is 0 Å². The third-order valence-corrected chi connectivity index (χ3v) is 3.03. The number of benzene rings is 1. The number of carbonyl (C=O) groups is 1. The summed E-state index contributed by atoms with van der Waals surface area (Å²) in [6.07, 6.45) is -3.18. The number of carbonyl (C=O) groups excluding carboxylic acids is 1. The predicted octanol–water partition coefficient (Wildman–Crippen LogP) is 3.99. The van der Waals surface area contributed by atoms with Crippen molar-refractivity contribution in [1.29, 1.82) is 0 Å². The van der Waals surface area contributed by atoms with E-state index in [-0.39, 0.29) is 11.0 Å². The van der Waals surface area contributed by atoms with Crippen molar-refractivity contribution in [2.24, 2.45) is 0 Å². The Morgan fingerprint density at radius 2 is 2.05 bits per heavy atom. The minimum atomic E-state index is -4.60. The summed E-state index contributed by atoms with van der Waals surface area (Å²) in [4.78, 5) is 11.9. The lowest BCUT2D eigenvalue weighted by molar-refractivity contribution is -0.138. The highest BCUT2D eigenvalue weighted by atomic mass is 79.9. The summed E-state index contributed by atoms with van der Waals surface area (Å²) < 4.78 is 43.9. The van der Waals surface area contributed by atoms with Crippen LogP contribution in [-0.4, -0.2) is 5.91 Å². The minimum Gasteiger partial charge on any atom is -0.467 e. The molecule has 0 saturated carbocycles. The fourth-order valence-corrected chi connectivity index (χ4v) is 1.99. The highest BCUT2D eigenvalue weighted by Gasteiger charge is 2.35. The highest BCUT2D eigenvalue weighted by molar-refractivity contribution is 9.10. The second-order valence-corrected chi connectivity index (χ2v) is 4.87. The van der Waals surface area contributed by atoms with Gasteiger partial charge in [0.2, 0.25) is 0 Å². The molecule has 2 aromatic rings. The maximum Gasteiger partial charge on any atom is 0.417 e. The molecular weight excluding hydrogens is 339 g/mol. The second kappa shape index (κ2) is 5.70. The Bertz CT molecular complexity index is 609. The molecule has 0 spiro atoms. The van der Waals surface area contributed by atoms with Crippen LogP contribution in [0.4, 0.5) is 13.2 Å². The quantitative estimate of drug-likeness (QED) is 0.911. The van der Waals surface area contributed by atoms with Gasteiger partial charge in [0.25, 0.3) is 5.91 Å². The van der Waals surface area contributed by atoms with Crippen LogP contribution >= 0.6 is 15.9 Å². The van der Waals surface area contributed by atoms with E-state index < -0.39 is 23.2 Å². The molecule has 2 rings (SSSR count). The van der Waals surface area contributed by atoms with Gasteiger partial charge in [0.15, 0.2) is 0 Å². The fourth-order valence-electron chi connectivity index (χ4n) is 1.62. The molecule has 0 aliphatic heterocycles. The first-order valence-electron chi connectivity index (χ1n) is 5.55. The molecular formula is C13H9BrF3NO2. The molecule has 0 fully saturated rings. The number of rotatable bonds is 3. The molecule has 0 radical (unpaired) electrons. The van der Waals surface area contributed by atoms with Gasteiger partial charge in [-0.05, 0) is 30.3 Å². The van der Waals surface area contributed by atoms with Gasteiger partial charge in [0.05, 0.1) is 23.9 Å². The molecule has 3 nitrogen and oxygen atoms in total. The maximum atomic E-state index is 12.9. The van der Waals surface area contributed by atoms with Crippen molar-refractivity contribution < 1.29 is 22.4 Å². The van der Waals surface area contributed by atoms with Gasteiger partial charge in [-0.25, -0.2) is 0 Å². The summed E-state index contributed by atoms with van der Waals surface area (Å²) >= 11 is 2.96. The largest absolute Gasteiger partial charge is 0.467 e. The molecule has 106 valence electrons. The third-order valence-electron chi connectivity index (χ3n) is 2.53. The zero-order valence-corrected chi connectivity index (χ0v) is 11.6. The van der Waals surface area contributed by atoms with E-state index in [1.807, 2.05) is 0 Å². The first-order chi connectivity index (χ1) is 9.38. The van der Waals surface area contributed by atoms with Crippen LogP contribution in [0.15, 0.2) is 45.5 Å². The summed E-state index contributed by atoms with van der Waals surface area (Å²) in [6.45, 7) is 0.0270. The Morgan fingerprint density at radius 1 is 1.30 bits per heavy atom. The SMILES string of the molecule is O=C(NCc1ccco1)c1ccc(Br)cc1C(F)(F)F. The van der Waals surface area contributed by atoms with E-state index in [1.165, 1.54) is 12.3 Å². The van der Waals surface area contributed by atoms with E-state index in [0.717, 1.165) is 12.1 Å². The maximum absolute atomic E-state index is 12.9. The van der Waals surface area contributed by atoms with Crippen molar-refractivity contribution in [1.82, 2.24) is 5.32 Å². The van der Waals surface area contributed by atoms with E-state index in [1.54, 1.807) is 12.1 Å². The Morgan fingerprint density at radius 3 is 2.65 bits per heavy atom. The Hall–Kier alpha value is -1.76. The number of amides is 1. The normalized spacial score (nSPS) is 11.4. The smallest absolute Gasteiger partial charge is 0.417 e. The molecule has 0 atom stereocenters. The van der Waals surface area contributed by atoms with Gasteiger partial charge in [0.1, 0.15) is 5.76 Å². The summed E-state index contributed by atoms with van der Waals surface area (Å²) in [5.74, 6) is -0.342. The lowest BCUT2D eigenvalue weighted by atomic mass is 10.1. The molecule has 0 bridgehead atoms. The van der Waals surface area contributed by atoms with Gasteiger partial charge in [0, 0.05) is 4.47 Å². The zero-order chi connectivity index (χ0) is 14.8. The van der Waals surface area contributed by atoms with E-state index in [9.17, 15) is 18.0 Å². The highest BCUT2D eigenvalue weighted by Crippen LogP contribution is 2.33. The molecule has 0 aliphatic rings. The van der Waals surface area contributed by atoms with Crippen LogP contribution in [0.3, 0.4) is 0 Å². The van der Waals surface area contributed by atoms with Crippen LogP contribution < -0.4 is 5.32 Å². The van der Waals surface area contributed by atoms with Crippen LogP contribution in [0.25, 0.3) is 0 Å². The molecule has 1 amide bonds. The molecule has 7 heteroatoms. The molecule has 0 aliphatic carbocycles. The molecule has 1 N–H and O–H groups in total. The first kappa shape index (κ1) is 14.6. The number of alkyl halides is 3. The van der Waals surface area contributed by atoms with E-state index in [0.29, 0.717) is 5.76 Å². The number of furan rings is 1. The summed E-state index contributed by atoms with van der Waals surface area (Å²) in [5.41, 5.74) is -1.41. The summed E-state index contributed by atoms with van der Waals surface area (Å²) in [6, 6.07) is 6.64. The second-order valence-electron chi connectivity index (χ2n) is 3.95. The van der Waals surface area contributed by atoms with Crippen molar-refractivity contribution in [2.75, 3.05) is 0 Å². The fraction of sp³-hybridized carbons (Fsp3) is 0.154. The summed E-state index contributed by atoms with van der Waals surface area (Å²) in [5, 5.41) is 2.39. The van der Waals surface area contributed by atoms with Crippen molar-refractivity contribution in [3.63, 3.8) is 0 Å². The lowest BCUT2D eigenvalue weighted by Crippen LogP contribution is -2.25.